The van der Waals surface area contributed by atoms with Gasteiger partial charge in [0, 0.05) is 23.6 Å². The minimum Gasteiger partial charge on any atom is -0.326 e. The molecule has 15 heavy (non-hydrogen) atoms. The molecule has 0 aliphatic carbocycles. The van der Waals surface area contributed by atoms with Crippen LogP contribution in [-0.4, -0.2) is 5.91 Å². The van der Waals surface area contributed by atoms with Crippen molar-refractivity contribution in [2.75, 3.05) is 5.32 Å². The van der Waals surface area contributed by atoms with Crippen LogP contribution in [0.4, 0.5) is 5.69 Å². The van der Waals surface area contributed by atoms with Gasteiger partial charge in [-0.2, -0.15) is 5.26 Å². The highest BCUT2D eigenvalue weighted by atomic mass is 35.5. The van der Waals surface area contributed by atoms with Gasteiger partial charge in [0.25, 0.3) is 0 Å². The van der Waals surface area contributed by atoms with E-state index < -0.39 is 0 Å². The second-order valence-corrected chi connectivity index (χ2v) is 3.53. The van der Waals surface area contributed by atoms with Gasteiger partial charge in [-0.25, -0.2) is 0 Å². The number of nitrogens with zero attached hydrogens (tertiary/aromatic N) is 1. The first-order valence-electron chi connectivity index (χ1n) is 4.57. The van der Waals surface area contributed by atoms with E-state index in [1.54, 1.807) is 18.2 Å². The lowest BCUT2D eigenvalue weighted by Gasteiger charge is -2.08. The van der Waals surface area contributed by atoms with Crippen molar-refractivity contribution in [3.05, 3.63) is 28.8 Å². The fourth-order valence-electron chi connectivity index (χ4n) is 1.13. The summed E-state index contributed by atoms with van der Waals surface area (Å²) in [6.07, 6.45) is 0.438. The van der Waals surface area contributed by atoms with Crippen molar-refractivity contribution in [1.29, 1.82) is 5.26 Å². The topological polar surface area (TPSA) is 52.9 Å². The van der Waals surface area contributed by atoms with Gasteiger partial charge in [0.05, 0.1) is 6.07 Å². The zero-order chi connectivity index (χ0) is 11.3. The molecule has 0 saturated carbocycles. The minimum absolute atomic E-state index is 0.165. The monoisotopic (exact) mass is 222 g/mol. The Labute approximate surface area is 93.7 Å². The van der Waals surface area contributed by atoms with Crippen LogP contribution in [0.5, 0.6) is 0 Å². The summed E-state index contributed by atoms with van der Waals surface area (Å²) in [6, 6.07) is 7.25. The van der Waals surface area contributed by atoms with Crippen molar-refractivity contribution in [2.45, 2.75) is 19.8 Å². The maximum Gasteiger partial charge on any atom is 0.225 e. The molecule has 0 aliphatic heterocycles. The Morgan fingerprint density at radius 2 is 2.33 bits per heavy atom. The van der Waals surface area contributed by atoms with Crippen LogP contribution in [0.25, 0.3) is 0 Å². The molecule has 0 unspecified atom stereocenters. The molecule has 4 heteroatoms. The van der Waals surface area contributed by atoms with E-state index in [2.05, 4.69) is 5.32 Å². The SMILES string of the molecule is Cc1c(Cl)cccc1NC(=O)CCC#N. The first kappa shape index (κ1) is 11.5. The lowest BCUT2D eigenvalue weighted by Crippen LogP contribution is -2.11. The van der Waals surface area contributed by atoms with Crippen molar-refractivity contribution < 1.29 is 4.79 Å². The average Bonchev–Trinajstić information content (AvgIpc) is 2.22. The molecule has 0 atom stereocenters. The summed E-state index contributed by atoms with van der Waals surface area (Å²) < 4.78 is 0. The minimum atomic E-state index is -0.165. The van der Waals surface area contributed by atoms with Crippen molar-refractivity contribution in [1.82, 2.24) is 0 Å². The largest absolute Gasteiger partial charge is 0.326 e. The Morgan fingerprint density at radius 3 is 3.00 bits per heavy atom. The number of benzene rings is 1. The van der Waals surface area contributed by atoms with E-state index in [9.17, 15) is 4.79 Å². The third-order valence-electron chi connectivity index (χ3n) is 2.01. The lowest BCUT2D eigenvalue weighted by atomic mass is 10.2. The number of hydrogen-bond acceptors (Lipinski definition) is 2. The number of nitriles is 1. The van der Waals surface area contributed by atoms with E-state index in [-0.39, 0.29) is 18.7 Å². The van der Waals surface area contributed by atoms with Crippen molar-refractivity contribution in [3.63, 3.8) is 0 Å². The molecule has 0 saturated heterocycles. The zero-order valence-electron chi connectivity index (χ0n) is 8.38. The summed E-state index contributed by atoms with van der Waals surface area (Å²) in [7, 11) is 0. The van der Waals surface area contributed by atoms with Gasteiger partial charge in [-0.1, -0.05) is 17.7 Å². The highest BCUT2D eigenvalue weighted by Crippen LogP contribution is 2.22. The molecule has 1 N–H and O–H groups in total. The second kappa shape index (κ2) is 5.38. The molecular weight excluding hydrogens is 212 g/mol. The van der Waals surface area contributed by atoms with Gasteiger partial charge in [0.15, 0.2) is 0 Å². The van der Waals surface area contributed by atoms with Crippen molar-refractivity contribution in [3.8, 4) is 6.07 Å². The Hall–Kier alpha value is -1.53. The highest BCUT2D eigenvalue weighted by molar-refractivity contribution is 6.31. The normalized spacial score (nSPS) is 9.40. The number of hydrogen-bond donors (Lipinski definition) is 1. The summed E-state index contributed by atoms with van der Waals surface area (Å²) in [4.78, 5) is 11.3. The number of amides is 1. The van der Waals surface area contributed by atoms with Crippen LogP contribution in [0.15, 0.2) is 18.2 Å². The van der Waals surface area contributed by atoms with E-state index in [4.69, 9.17) is 16.9 Å². The van der Waals surface area contributed by atoms with Gasteiger partial charge in [-0.05, 0) is 24.6 Å². The molecule has 0 bridgehead atoms. The van der Waals surface area contributed by atoms with Crippen LogP contribution >= 0.6 is 11.6 Å². The third-order valence-corrected chi connectivity index (χ3v) is 2.42. The molecule has 0 radical (unpaired) electrons. The first-order chi connectivity index (χ1) is 7.15. The molecule has 78 valence electrons. The predicted octanol–water partition coefficient (Wildman–Crippen LogP) is 2.89. The molecule has 0 aromatic heterocycles. The summed E-state index contributed by atoms with van der Waals surface area (Å²) in [6.45, 7) is 1.84. The number of rotatable bonds is 3. The van der Waals surface area contributed by atoms with Gasteiger partial charge >= 0.3 is 0 Å². The molecule has 1 amide bonds. The van der Waals surface area contributed by atoms with Crippen molar-refractivity contribution >= 4 is 23.2 Å². The molecule has 0 fully saturated rings. The molecule has 3 nitrogen and oxygen atoms in total. The number of anilines is 1. The van der Waals surface area contributed by atoms with E-state index in [1.165, 1.54) is 0 Å². The summed E-state index contributed by atoms with van der Waals surface area (Å²) in [5.74, 6) is -0.165. The lowest BCUT2D eigenvalue weighted by molar-refractivity contribution is -0.116. The standard InChI is InChI=1S/C11H11ClN2O/c1-8-9(12)4-2-5-10(8)14-11(15)6-3-7-13/h2,4-5H,3,6H2,1H3,(H,14,15). The zero-order valence-corrected chi connectivity index (χ0v) is 9.14. The number of carbonyl (C=O) groups excluding carboxylic acids is 1. The molecule has 0 aliphatic rings. The fourth-order valence-corrected chi connectivity index (χ4v) is 1.30. The van der Waals surface area contributed by atoms with Gasteiger partial charge in [0.2, 0.25) is 5.91 Å². The van der Waals surface area contributed by atoms with E-state index in [1.807, 2.05) is 13.0 Å². The Morgan fingerprint density at radius 1 is 1.60 bits per heavy atom. The molecular formula is C11H11ClN2O. The highest BCUT2D eigenvalue weighted by Gasteiger charge is 2.05. The Bertz CT molecular complexity index is 410. The maximum atomic E-state index is 11.3. The first-order valence-corrected chi connectivity index (χ1v) is 4.95. The van der Waals surface area contributed by atoms with Crippen LogP contribution in [0, 0.1) is 18.3 Å². The summed E-state index contributed by atoms with van der Waals surface area (Å²) in [5.41, 5.74) is 1.54. The van der Waals surface area contributed by atoms with Crippen LogP contribution < -0.4 is 5.32 Å². The van der Waals surface area contributed by atoms with Gasteiger partial charge in [0.1, 0.15) is 0 Å². The van der Waals surface area contributed by atoms with Crippen molar-refractivity contribution in [2.24, 2.45) is 0 Å². The molecule has 1 aromatic carbocycles. The summed E-state index contributed by atoms with van der Waals surface area (Å²) in [5, 5.41) is 11.7. The Kier molecular flexibility index (Phi) is 4.14. The van der Waals surface area contributed by atoms with Gasteiger partial charge in [-0.15, -0.1) is 0 Å². The van der Waals surface area contributed by atoms with E-state index >= 15 is 0 Å². The fraction of sp³-hybridized carbons (Fsp3) is 0.273. The predicted molar refractivity (Wildman–Crippen MR) is 59.7 cm³/mol. The van der Waals surface area contributed by atoms with Crippen LogP contribution in [0.3, 0.4) is 0 Å². The average molecular weight is 223 g/mol. The van der Waals surface area contributed by atoms with Gasteiger partial charge < -0.3 is 5.32 Å². The van der Waals surface area contributed by atoms with Crippen LogP contribution in [0.2, 0.25) is 5.02 Å². The smallest absolute Gasteiger partial charge is 0.225 e. The Balaban J connectivity index is 2.69. The van der Waals surface area contributed by atoms with Crippen LogP contribution in [0.1, 0.15) is 18.4 Å². The number of nitrogens with one attached hydrogen (secondary N) is 1. The number of carbonyl (C=O) groups is 1. The second-order valence-electron chi connectivity index (χ2n) is 3.12. The van der Waals surface area contributed by atoms with E-state index in [0.29, 0.717) is 10.7 Å². The molecule has 0 heterocycles. The third kappa shape index (κ3) is 3.26. The molecule has 1 rings (SSSR count). The quantitative estimate of drug-likeness (QED) is 0.855. The van der Waals surface area contributed by atoms with Gasteiger partial charge in [-0.3, -0.25) is 4.79 Å². The maximum absolute atomic E-state index is 11.3. The molecule has 0 spiro atoms. The summed E-state index contributed by atoms with van der Waals surface area (Å²) >= 11 is 5.90. The number of halogens is 1. The molecule has 1 aromatic rings. The van der Waals surface area contributed by atoms with Crippen LogP contribution in [-0.2, 0) is 4.79 Å². The van der Waals surface area contributed by atoms with E-state index in [0.717, 1.165) is 5.56 Å².